The van der Waals surface area contributed by atoms with Gasteiger partial charge in [0.25, 0.3) is 0 Å². The van der Waals surface area contributed by atoms with Gasteiger partial charge < -0.3 is 14.6 Å². The summed E-state index contributed by atoms with van der Waals surface area (Å²) in [7, 11) is 3.57. The molecule has 1 heterocycles. The van der Waals surface area contributed by atoms with Crippen LogP contribution in [0.5, 0.6) is 5.75 Å². The van der Waals surface area contributed by atoms with Crippen LogP contribution in [-0.4, -0.2) is 18.7 Å². The van der Waals surface area contributed by atoms with Gasteiger partial charge in [0.2, 0.25) is 0 Å². The highest BCUT2D eigenvalue weighted by atomic mass is 16.5. The molecule has 0 radical (unpaired) electrons. The molecule has 0 fully saturated rings. The van der Waals surface area contributed by atoms with Gasteiger partial charge in [-0.2, -0.15) is 5.26 Å². The van der Waals surface area contributed by atoms with Crippen LogP contribution < -0.4 is 10.1 Å². The van der Waals surface area contributed by atoms with Crippen LogP contribution in [0.1, 0.15) is 16.8 Å². The number of nitrogens with one attached hydrogen (secondary N) is 1. The molecule has 98 valence electrons. The summed E-state index contributed by atoms with van der Waals surface area (Å²) < 4.78 is 7.50. The third-order valence-electron chi connectivity index (χ3n) is 3.03. The Kier molecular flexibility index (Phi) is 4.22. The first-order valence-electron chi connectivity index (χ1n) is 6.14. The lowest BCUT2D eigenvalue weighted by atomic mass is 10.1. The van der Waals surface area contributed by atoms with Crippen LogP contribution in [0, 0.1) is 11.3 Å². The lowest BCUT2D eigenvalue weighted by Crippen LogP contribution is -2.11. The van der Waals surface area contributed by atoms with Crippen molar-refractivity contribution in [2.45, 2.75) is 13.1 Å². The standard InChI is InChI=1S/C15H17N3O/c1-17-10-14-4-3-7-18(14)11-13-8-12(9-16)5-6-15(13)19-2/h3-8,17H,10-11H2,1-2H3. The molecule has 0 aliphatic heterocycles. The average Bonchev–Trinajstić information content (AvgIpc) is 2.86. The second kappa shape index (κ2) is 6.07. The number of nitrogens with zero attached hydrogens (tertiary/aromatic N) is 2. The Labute approximate surface area is 113 Å². The largest absolute Gasteiger partial charge is 0.496 e. The quantitative estimate of drug-likeness (QED) is 0.890. The van der Waals surface area contributed by atoms with Crippen LogP contribution in [0.2, 0.25) is 0 Å². The van der Waals surface area contributed by atoms with Gasteiger partial charge in [0.1, 0.15) is 5.75 Å². The highest BCUT2D eigenvalue weighted by Gasteiger charge is 2.07. The van der Waals surface area contributed by atoms with Crippen molar-refractivity contribution in [2.24, 2.45) is 0 Å². The van der Waals surface area contributed by atoms with Gasteiger partial charge >= 0.3 is 0 Å². The number of rotatable bonds is 5. The van der Waals surface area contributed by atoms with Gasteiger partial charge in [-0.25, -0.2) is 0 Å². The molecule has 0 bridgehead atoms. The number of hydrogen-bond acceptors (Lipinski definition) is 3. The van der Waals surface area contributed by atoms with Crippen LogP contribution in [0.15, 0.2) is 36.5 Å². The summed E-state index contributed by atoms with van der Waals surface area (Å²) in [5.74, 6) is 0.808. The predicted octanol–water partition coefficient (Wildman–Crippen LogP) is 2.14. The molecule has 1 N–H and O–H groups in total. The third-order valence-corrected chi connectivity index (χ3v) is 3.03. The second-order valence-electron chi connectivity index (χ2n) is 4.30. The van der Waals surface area contributed by atoms with Crippen LogP contribution in [-0.2, 0) is 13.1 Å². The lowest BCUT2D eigenvalue weighted by molar-refractivity contribution is 0.408. The zero-order valence-electron chi connectivity index (χ0n) is 11.2. The maximum Gasteiger partial charge on any atom is 0.123 e. The van der Waals surface area contributed by atoms with E-state index in [1.807, 2.05) is 31.4 Å². The number of hydrogen-bond donors (Lipinski definition) is 1. The van der Waals surface area contributed by atoms with Gasteiger partial charge in [-0.3, -0.25) is 0 Å². The van der Waals surface area contributed by atoms with Crippen molar-refractivity contribution < 1.29 is 4.74 Å². The molecule has 0 saturated heterocycles. The normalized spacial score (nSPS) is 10.2. The number of ether oxygens (including phenoxy) is 1. The SMILES string of the molecule is CNCc1cccn1Cc1cc(C#N)ccc1OC. The zero-order valence-corrected chi connectivity index (χ0v) is 11.2. The summed E-state index contributed by atoms with van der Waals surface area (Å²) in [5, 5.41) is 12.1. The fraction of sp³-hybridized carbons (Fsp3) is 0.267. The average molecular weight is 255 g/mol. The molecule has 4 nitrogen and oxygen atoms in total. The van der Waals surface area contributed by atoms with Gasteiger partial charge in [0.15, 0.2) is 0 Å². The Morgan fingerprint density at radius 3 is 2.89 bits per heavy atom. The van der Waals surface area contributed by atoms with E-state index in [0.29, 0.717) is 12.1 Å². The summed E-state index contributed by atoms with van der Waals surface area (Å²) >= 11 is 0. The van der Waals surface area contributed by atoms with Crippen molar-refractivity contribution in [1.29, 1.82) is 5.26 Å². The Morgan fingerprint density at radius 2 is 2.21 bits per heavy atom. The van der Waals surface area contributed by atoms with Crippen molar-refractivity contribution in [1.82, 2.24) is 9.88 Å². The number of aromatic nitrogens is 1. The first-order valence-corrected chi connectivity index (χ1v) is 6.14. The minimum absolute atomic E-state index is 0.651. The Hall–Kier alpha value is -2.25. The molecule has 0 aliphatic rings. The van der Waals surface area contributed by atoms with Crippen molar-refractivity contribution in [3.05, 3.63) is 53.3 Å². The minimum atomic E-state index is 0.651. The van der Waals surface area contributed by atoms with E-state index in [1.165, 1.54) is 5.69 Å². The van der Waals surface area contributed by atoms with Crippen molar-refractivity contribution in [2.75, 3.05) is 14.2 Å². The molecular weight excluding hydrogens is 238 g/mol. The van der Waals surface area contributed by atoms with E-state index in [0.717, 1.165) is 17.9 Å². The number of nitriles is 1. The second-order valence-corrected chi connectivity index (χ2v) is 4.30. The van der Waals surface area contributed by atoms with Gasteiger partial charge in [-0.1, -0.05) is 0 Å². The molecule has 0 aliphatic carbocycles. The van der Waals surface area contributed by atoms with Gasteiger partial charge in [0, 0.05) is 24.0 Å². The monoisotopic (exact) mass is 255 g/mol. The number of benzene rings is 1. The van der Waals surface area contributed by atoms with E-state index < -0.39 is 0 Å². The first-order chi connectivity index (χ1) is 9.28. The van der Waals surface area contributed by atoms with Crippen LogP contribution >= 0.6 is 0 Å². The fourth-order valence-electron chi connectivity index (χ4n) is 2.10. The molecule has 2 rings (SSSR count). The molecule has 0 amide bonds. The maximum absolute atomic E-state index is 8.98. The summed E-state index contributed by atoms with van der Waals surface area (Å²) in [6.07, 6.45) is 2.03. The summed E-state index contributed by atoms with van der Waals surface area (Å²) in [5.41, 5.74) is 2.86. The maximum atomic E-state index is 8.98. The highest BCUT2D eigenvalue weighted by Crippen LogP contribution is 2.21. The van der Waals surface area contributed by atoms with Crippen molar-refractivity contribution >= 4 is 0 Å². The molecule has 2 aromatic rings. The Bertz CT molecular complexity index is 596. The predicted molar refractivity (Wildman–Crippen MR) is 74.0 cm³/mol. The third kappa shape index (κ3) is 2.95. The van der Waals surface area contributed by atoms with E-state index >= 15 is 0 Å². The lowest BCUT2D eigenvalue weighted by Gasteiger charge is -2.12. The van der Waals surface area contributed by atoms with E-state index in [2.05, 4.69) is 22.0 Å². The fourth-order valence-corrected chi connectivity index (χ4v) is 2.10. The van der Waals surface area contributed by atoms with Crippen molar-refractivity contribution in [3.8, 4) is 11.8 Å². The van der Waals surface area contributed by atoms with Gasteiger partial charge in [-0.05, 0) is 37.4 Å². The molecule has 4 heteroatoms. The molecule has 1 aromatic heterocycles. The van der Waals surface area contributed by atoms with E-state index in [-0.39, 0.29) is 0 Å². The van der Waals surface area contributed by atoms with Crippen LogP contribution in [0.3, 0.4) is 0 Å². The molecule has 0 spiro atoms. The molecule has 0 atom stereocenters. The first kappa shape index (κ1) is 13.2. The van der Waals surface area contributed by atoms with Crippen LogP contribution in [0.25, 0.3) is 0 Å². The van der Waals surface area contributed by atoms with E-state index in [1.54, 1.807) is 13.2 Å². The highest BCUT2D eigenvalue weighted by molar-refractivity contribution is 5.42. The molecule has 19 heavy (non-hydrogen) atoms. The van der Waals surface area contributed by atoms with Gasteiger partial charge in [-0.15, -0.1) is 0 Å². The van der Waals surface area contributed by atoms with Crippen LogP contribution in [0.4, 0.5) is 0 Å². The summed E-state index contributed by atoms with van der Waals surface area (Å²) in [6, 6.07) is 11.8. The molecule has 0 unspecified atom stereocenters. The smallest absolute Gasteiger partial charge is 0.123 e. The number of methoxy groups -OCH3 is 1. The van der Waals surface area contributed by atoms with E-state index in [9.17, 15) is 0 Å². The summed E-state index contributed by atoms with van der Waals surface area (Å²) in [4.78, 5) is 0. The Morgan fingerprint density at radius 1 is 1.37 bits per heavy atom. The molecular formula is C15H17N3O. The molecule has 0 saturated carbocycles. The topological polar surface area (TPSA) is 50.0 Å². The van der Waals surface area contributed by atoms with Crippen molar-refractivity contribution in [3.63, 3.8) is 0 Å². The Balaban J connectivity index is 2.31. The minimum Gasteiger partial charge on any atom is -0.496 e. The molecule has 1 aromatic carbocycles. The van der Waals surface area contributed by atoms with E-state index in [4.69, 9.17) is 10.00 Å². The zero-order chi connectivity index (χ0) is 13.7. The summed E-state index contributed by atoms with van der Waals surface area (Å²) in [6.45, 7) is 1.51. The van der Waals surface area contributed by atoms with Gasteiger partial charge in [0.05, 0.1) is 25.3 Å².